The van der Waals surface area contributed by atoms with Crippen molar-refractivity contribution in [2.45, 2.75) is 45.1 Å². The number of anilines is 1. The van der Waals surface area contributed by atoms with Gasteiger partial charge < -0.3 is 10.1 Å². The van der Waals surface area contributed by atoms with E-state index in [1.54, 1.807) is 6.20 Å². The predicted octanol–water partition coefficient (Wildman–Crippen LogP) is 3.99. The van der Waals surface area contributed by atoms with Crippen LogP contribution in [0.1, 0.15) is 38.8 Å². The van der Waals surface area contributed by atoms with Crippen LogP contribution in [0.15, 0.2) is 36.7 Å². The molecule has 0 fully saturated rings. The SMILES string of the molecule is CC1(C)Nc2c(cc(-c3cccc4nccn34)c3c2CCO3)C(C)(C)C1=O. The Kier molecular flexibility index (Phi) is 3.10. The zero-order valence-electron chi connectivity index (χ0n) is 16.1. The fourth-order valence-corrected chi connectivity index (χ4v) is 4.65. The van der Waals surface area contributed by atoms with Crippen molar-refractivity contribution in [2.24, 2.45) is 0 Å². The molecule has 27 heavy (non-hydrogen) atoms. The third-order valence-corrected chi connectivity index (χ3v) is 5.93. The number of nitrogens with zero attached hydrogens (tertiary/aromatic N) is 2. The second kappa shape index (κ2) is 5.12. The zero-order chi connectivity index (χ0) is 19.0. The zero-order valence-corrected chi connectivity index (χ0v) is 16.1. The van der Waals surface area contributed by atoms with E-state index in [-0.39, 0.29) is 5.78 Å². The highest BCUT2D eigenvalue weighted by Gasteiger charge is 2.47. The van der Waals surface area contributed by atoms with E-state index in [2.05, 4.69) is 26.8 Å². The molecule has 0 amide bonds. The summed E-state index contributed by atoms with van der Waals surface area (Å²) in [6, 6.07) is 8.21. The number of Topliss-reactive ketones (excluding diaryl/α,β-unsaturated/α-hetero) is 1. The van der Waals surface area contributed by atoms with Gasteiger partial charge in [0, 0.05) is 35.6 Å². The van der Waals surface area contributed by atoms with Gasteiger partial charge in [0.25, 0.3) is 0 Å². The highest BCUT2D eigenvalue weighted by atomic mass is 16.5. The molecule has 0 radical (unpaired) electrons. The van der Waals surface area contributed by atoms with Gasteiger partial charge in [-0.3, -0.25) is 9.20 Å². The molecule has 2 aliphatic heterocycles. The van der Waals surface area contributed by atoms with Crippen LogP contribution in [-0.2, 0) is 16.6 Å². The number of carbonyl (C=O) groups is 1. The molecule has 0 aliphatic carbocycles. The van der Waals surface area contributed by atoms with Crippen LogP contribution in [0.5, 0.6) is 5.75 Å². The number of aromatic nitrogens is 2. The van der Waals surface area contributed by atoms with Crippen LogP contribution < -0.4 is 10.1 Å². The molecular formula is C22H23N3O2. The fraction of sp³-hybridized carbons (Fsp3) is 0.364. The molecule has 3 aromatic rings. The predicted molar refractivity (Wildman–Crippen MR) is 106 cm³/mol. The van der Waals surface area contributed by atoms with E-state index in [0.717, 1.165) is 40.3 Å². The molecule has 2 aromatic heterocycles. The Morgan fingerprint density at radius 1 is 1.22 bits per heavy atom. The molecule has 5 nitrogen and oxygen atoms in total. The van der Waals surface area contributed by atoms with Gasteiger partial charge in [-0.1, -0.05) is 6.07 Å². The average molecular weight is 361 g/mol. The summed E-state index contributed by atoms with van der Waals surface area (Å²) in [4.78, 5) is 17.5. The van der Waals surface area contributed by atoms with Gasteiger partial charge >= 0.3 is 0 Å². The topological polar surface area (TPSA) is 55.6 Å². The number of hydrogen-bond donors (Lipinski definition) is 1. The maximum Gasteiger partial charge on any atom is 0.167 e. The smallest absolute Gasteiger partial charge is 0.167 e. The summed E-state index contributed by atoms with van der Waals surface area (Å²) in [6.07, 6.45) is 4.61. The lowest BCUT2D eigenvalue weighted by Gasteiger charge is -2.43. The Morgan fingerprint density at radius 3 is 2.85 bits per heavy atom. The first-order valence-corrected chi connectivity index (χ1v) is 9.39. The summed E-state index contributed by atoms with van der Waals surface area (Å²) in [5.41, 5.74) is 5.06. The molecule has 0 unspecified atom stereocenters. The van der Waals surface area contributed by atoms with Crippen molar-refractivity contribution in [3.63, 3.8) is 0 Å². The average Bonchev–Trinajstić information content (AvgIpc) is 3.29. The van der Waals surface area contributed by atoms with Crippen LogP contribution in [0.3, 0.4) is 0 Å². The van der Waals surface area contributed by atoms with Crippen molar-refractivity contribution in [2.75, 3.05) is 11.9 Å². The molecule has 0 spiro atoms. The number of fused-ring (bicyclic) bond motifs is 4. The molecule has 138 valence electrons. The minimum Gasteiger partial charge on any atom is -0.492 e. The molecule has 5 heteroatoms. The van der Waals surface area contributed by atoms with Crippen molar-refractivity contribution < 1.29 is 9.53 Å². The Bertz CT molecular complexity index is 1110. The maximum atomic E-state index is 13.1. The number of ether oxygens (including phenoxy) is 1. The highest BCUT2D eigenvalue weighted by molar-refractivity contribution is 6.04. The van der Waals surface area contributed by atoms with Gasteiger partial charge in [0.1, 0.15) is 11.4 Å². The van der Waals surface area contributed by atoms with E-state index in [4.69, 9.17) is 4.74 Å². The van der Waals surface area contributed by atoms with Crippen LogP contribution in [0, 0.1) is 0 Å². The van der Waals surface area contributed by atoms with Crippen LogP contribution >= 0.6 is 0 Å². The van der Waals surface area contributed by atoms with Crippen LogP contribution in [0.2, 0.25) is 0 Å². The number of carbonyl (C=O) groups excluding carboxylic acids is 1. The van der Waals surface area contributed by atoms with E-state index in [0.29, 0.717) is 6.61 Å². The van der Waals surface area contributed by atoms with Gasteiger partial charge in [-0.15, -0.1) is 0 Å². The first-order chi connectivity index (χ1) is 12.8. The summed E-state index contributed by atoms with van der Waals surface area (Å²) < 4.78 is 8.15. The van der Waals surface area contributed by atoms with Gasteiger partial charge in [-0.2, -0.15) is 0 Å². The summed E-state index contributed by atoms with van der Waals surface area (Å²) in [5, 5.41) is 3.50. The first-order valence-electron chi connectivity index (χ1n) is 9.39. The second-order valence-corrected chi connectivity index (χ2v) is 8.52. The van der Waals surface area contributed by atoms with Crippen molar-refractivity contribution in [3.05, 3.63) is 47.8 Å². The molecule has 0 bridgehead atoms. The quantitative estimate of drug-likeness (QED) is 0.712. The molecule has 2 aliphatic rings. The number of rotatable bonds is 1. The normalized spacial score (nSPS) is 19.3. The standard InChI is InChI=1S/C22H23N3O2/c1-21(2)15-12-14(16-6-5-7-17-23-9-10-25(16)17)19-13(8-11-27-19)18(15)24-22(3,4)20(21)26/h5-7,9-10,12,24H,8,11H2,1-4H3. The van der Waals surface area contributed by atoms with E-state index in [1.165, 1.54) is 5.56 Å². The number of benzene rings is 1. The highest BCUT2D eigenvalue weighted by Crippen LogP contribution is 2.50. The Hall–Kier alpha value is -2.82. The molecule has 0 saturated carbocycles. The monoisotopic (exact) mass is 361 g/mol. The fourth-order valence-electron chi connectivity index (χ4n) is 4.65. The van der Waals surface area contributed by atoms with Gasteiger partial charge in [-0.05, 0) is 51.5 Å². The van der Waals surface area contributed by atoms with Crippen molar-refractivity contribution in [1.82, 2.24) is 9.38 Å². The molecule has 0 atom stereocenters. The van der Waals surface area contributed by atoms with Crippen molar-refractivity contribution in [3.8, 4) is 17.0 Å². The minimum absolute atomic E-state index is 0.202. The van der Waals surface area contributed by atoms with Crippen molar-refractivity contribution in [1.29, 1.82) is 0 Å². The number of hydrogen-bond acceptors (Lipinski definition) is 4. The Labute approximate surface area is 158 Å². The minimum atomic E-state index is -0.598. The van der Waals surface area contributed by atoms with Crippen LogP contribution in [0.4, 0.5) is 5.69 Å². The second-order valence-electron chi connectivity index (χ2n) is 8.52. The Balaban J connectivity index is 1.84. The van der Waals surface area contributed by atoms with Crippen LogP contribution in [-0.4, -0.2) is 27.3 Å². The lowest BCUT2D eigenvalue weighted by Crippen LogP contribution is -2.53. The summed E-state index contributed by atoms with van der Waals surface area (Å²) in [7, 11) is 0. The van der Waals surface area contributed by atoms with Gasteiger partial charge in [0.2, 0.25) is 0 Å². The Morgan fingerprint density at radius 2 is 2.04 bits per heavy atom. The van der Waals surface area contributed by atoms with E-state index in [9.17, 15) is 4.79 Å². The van der Waals surface area contributed by atoms with Crippen LogP contribution in [0.25, 0.3) is 16.9 Å². The van der Waals surface area contributed by atoms with Gasteiger partial charge in [0.05, 0.1) is 23.3 Å². The number of ketones is 1. The molecule has 4 heterocycles. The third kappa shape index (κ3) is 2.11. The molecular weight excluding hydrogens is 338 g/mol. The van der Waals surface area contributed by atoms with E-state index >= 15 is 0 Å². The number of nitrogens with one attached hydrogen (secondary N) is 1. The third-order valence-electron chi connectivity index (χ3n) is 5.93. The van der Waals surface area contributed by atoms with Gasteiger partial charge in [0.15, 0.2) is 5.78 Å². The van der Waals surface area contributed by atoms with E-state index < -0.39 is 11.0 Å². The lowest BCUT2D eigenvalue weighted by atomic mass is 9.68. The first kappa shape index (κ1) is 16.4. The molecule has 0 saturated heterocycles. The largest absolute Gasteiger partial charge is 0.492 e. The van der Waals surface area contributed by atoms with Crippen molar-refractivity contribution >= 4 is 17.1 Å². The van der Waals surface area contributed by atoms with Gasteiger partial charge in [-0.25, -0.2) is 4.98 Å². The summed E-state index contributed by atoms with van der Waals surface area (Å²) >= 11 is 0. The van der Waals surface area contributed by atoms with E-state index in [1.807, 2.05) is 46.0 Å². The number of pyridine rings is 1. The summed E-state index contributed by atoms with van der Waals surface area (Å²) in [6.45, 7) is 8.64. The molecule has 1 aromatic carbocycles. The summed E-state index contributed by atoms with van der Waals surface area (Å²) in [5.74, 6) is 1.12. The number of imidazole rings is 1. The molecule has 5 rings (SSSR count). The lowest BCUT2D eigenvalue weighted by molar-refractivity contribution is -0.127. The molecule has 1 N–H and O–H groups in total. The maximum absolute atomic E-state index is 13.1.